The van der Waals surface area contributed by atoms with E-state index in [9.17, 15) is 29.1 Å². The molecule has 14 heteroatoms. The third-order valence-electron chi connectivity index (χ3n) is 11.4. The molecule has 3 fully saturated rings. The van der Waals surface area contributed by atoms with Gasteiger partial charge in [0.15, 0.2) is 11.5 Å². The van der Waals surface area contributed by atoms with E-state index < -0.39 is 64.7 Å². The van der Waals surface area contributed by atoms with Crippen molar-refractivity contribution < 1.29 is 38.6 Å². The summed E-state index contributed by atoms with van der Waals surface area (Å²) in [5.41, 5.74) is 1.14. The molecule has 2 aromatic carbocycles. The van der Waals surface area contributed by atoms with Crippen LogP contribution >= 0.6 is 22.9 Å². The number of thiophene rings is 1. The highest BCUT2D eigenvalue weighted by Crippen LogP contribution is 2.65. The van der Waals surface area contributed by atoms with Crippen molar-refractivity contribution in [3.8, 4) is 22.1 Å². The number of anilines is 1. The Balaban J connectivity index is 1.26. The molecule has 4 heterocycles. The van der Waals surface area contributed by atoms with E-state index in [2.05, 4.69) is 0 Å². The Kier molecular flexibility index (Phi) is 7.48. The quantitative estimate of drug-likeness (QED) is 0.198. The minimum atomic E-state index is -1.42. The number of methoxy groups -OCH3 is 2. The van der Waals surface area contributed by atoms with Crippen molar-refractivity contribution in [1.82, 2.24) is 14.7 Å². The lowest BCUT2D eigenvalue weighted by Crippen LogP contribution is -2.49. The zero-order chi connectivity index (χ0) is 36.3. The van der Waals surface area contributed by atoms with Crippen LogP contribution in [0.3, 0.4) is 0 Å². The number of carbonyl (C=O) groups excluding carboxylic acids is 5. The molecule has 51 heavy (non-hydrogen) atoms. The number of phenols is 1. The fourth-order valence-corrected chi connectivity index (χ4v) is 10.3. The SMILES string of the molecule is COC(=O)N1C(=O)C2CC=C3C(CC4C(=O)N(c5cc(-c6sc7ccc(Cl)cc7c6C)nn5C)C(=O)C4(C)C3c3cccc(OC)c3O)C2C1=O. The van der Waals surface area contributed by atoms with Crippen molar-refractivity contribution in [1.29, 1.82) is 0 Å². The number of halogens is 1. The maximum absolute atomic E-state index is 15.0. The summed E-state index contributed by atoms with van der Waals surface area (Å²) in [6, 6.07) is 12.4. The number of aromatic hydroxyl groups is 1. The van der Waals surface area contributed by atoms with Gasteiger partial charge in [-0.2, -0.15) is 10.00 Å². The molecule has 0 bridgehead atoms. The number of carbonyl (C=O) groups is 5. The molecule has 2 aromatic heterocycles. The van der Waals surface area contributed by atoms with Crippen molar-refractivity contribution in [2.75, 3.05) is 19.1 Å². The summed E-state index contributed by atoms with van der Waals surface area (Å²) in [5.74, 6) is -6.37. The van der Waals surface area contributed by atoms with Crippen LogP contribution in [0.25, 0.3) is 20.7 Å². The highest BCUT2D eigenvalue weighted by atomic mass is 35.5. The van der Waals surface area contributed by atoms with E-state index >= 15 is 0 Å². The number of nitrogens with zero attached hydrogens (tertiary/aromatic N) is 4. The number of hydrogen-bond acceptors (Lipinski definition) is 10. The first-order valence-electron chi connectivity index (χ1n) is 16.5. The van der Waals surface area contributed by atoms with E-state index in [4.69, 9.17) is 26.2 Å². The van der Waals surface area contributed by atoms with Gasteiger partial charge in [0.1, 0.15) is 11.5 Å². The molecule has 8 rings (SSSR count). The van der Waals surface area contributed by atoms with Crippen LogP contribution in [0.1, 0.15) is 36.8 Å². The van der Waals surface area contributed by atoms with Gasteiger partial charge in [0.05, 0.1) is 42.3 Å². The van der Waals surface area contributed by atoms with E-state index in [0.29, 0.717) is 26.8 Å². The first kappa shape index (κ1) is 33.2. The average molecular weight is 729 g/mol. The van der Waals surface area contributed by atoms with Crippen molar-refractivity contribution in [3.05, 3.63) is 70.3 Å². The number of ether oxygens (including phenoxy) is 2. The number of imide groups is 4. The number of phenolic OH excluding ortho intramolecular Hbond substituents is 1. The molecule has 6 unspecified atom stereocenters. The summed E-state index contributed by atoms with van der Waals surface area (Å²) in [4.78, 5) is 72.1. The maximum atomic E-state index is 15.0. The van der Waals surface area contributed by atoms with E-state index in [1.807, 2.05) is 31.2 Å². The van der Waals surface area contributed by atoms with E-state index in [-0.39, 0.29) is 30.2 Å². The van der Waals surface area contributed by atoms with Crippen LogP contribution in [0.2, 0.25) is 5.02 Å². The lowest BCUT2D eigenvalue weighted by Gasteiger charge is -2.49. The Bertz CT molecular complexity index is 2280. The number of hydrogen-bond donors (Lipinski definition) is 1. The third-order valence-corrected chi connectivity index (χ3v) is 12.9. The predicted octanol–water partition coefficient (Wildman–Crippen LogP) is 5.97. The third kappa shape index (κ3) is 4.43. The number of benzene rings is 2. The average Bonchev–Trinajstić information content (AvgIpc) is 3.78. The highest BCUT2D eigenvalue weighted by Gasteiger charge is 2.68. The van der Waals surface area contributed by atoms with Crippen molar-refractivity contribution in [3.63, 3.8) is 0 Å². The number of allylic oxidation sites excluding steroid dienone is 2. The fraction of sp³-hybridized carbons (Fsp3) is 0.351. The molecule has 4 aromatic rings. The van der Waals surface area contributed by atoms with Crippen LogP contribution in [0.5, 0.6) is 11.5 Å². The second-order valence-corrected chi connectivity index (χ2v) is 15.2. The van der Waals surface area contributed by atoms with Crippen LogP contribution < -0.4 is 9.64 Å². The number of aryl methyl sites for hydroxylation is 2. The van der Waals surface area contributed by atoms with Crippen molar-refractivity contribution >= 4 is 68.6 Å². The standard InChI is InChI=1S/C37H33ClN4O8S/c1-16-21-13-17(38)9-12-26(21)51-31(16)24-15-27(40(3)39-24)41-33(45)23-14-22-18(10-11-19-28(22)34(46)42(32(19)44)36(48)50-5)29(37(23,2)35(41)47)20-7-6-8-25(49-4)30(20)43/h6-10,12-13,15,19,22-23,28-29,43H,11,14H2,1-5H3. The van der Waals surface area contributed by atoms with E-state index in [0.717, 1.165) is 27.6 Å². The molecule has 1 N–H and O–H groups in total. The number of fused-ring (bicyclic) bond motifs is 5. The number of aromatic nitrogens is 2. The van der Waals surface area contributed by atoms with Gasteiger partial charge in [-0.25, -0.2) is 9.69 Å². The topological polar surface area (TPSA) is 148 Å². The lowest BCUT2D eigenvalue weighted by molar-refractivity contribution is -0.138. The molecule has 1 saturated carbocycles. The molecule has 0 spiro atoms. The van der Waals surface area contributed by atoms with Gasteiger partial charge in [0.2, 0.25) is 23.6 Å². The smallest absolute Gasteiger partial charge is 0.423 e. The van der Waals surface area contributed by atoms with Gasteiger partial charge < -0.3 is 14.6 Å². The fourth-order valence-electron chi connectivity index (χ4n) is 9.00. The normalized spacial score (nSPS) is 27.1. The Morgan fingerprint density at radius 1 is 1.06 bits per heavy atom. The lowest BCUT2D eigenvalue weighted by atomic mass is 9.51. The molecule has 2 aliphatic carbocycles. The van der Waals surface area contributed by atoms with Gasteiger partial charge in [-0.1, -0.05) is 35.4 Å². The molecule has 12 nitrogen and oxygen atoms in total. The summed E-state index contributed by atoms with van der Waals surface area (Å²) in [7, 11) is 4.19. The first-order chi connectivity index (χ1) is 24.3. The van der Waals surface area contributed by atoms with Crippen molar-refractivity contribution in [2.45, 2.75) is 32.6 Å². The molecule has 6 atom stereocenters. The van der Waals surface area contributed by atoms with E-state index in [1.54, 1.807) is 38.2 Å². The molecule has 262 valence electrons. The van der Waals surface area contributed by atoms with Gasteiger partial charge in [-0.15, -0.1) is 11.3 Å². The van der Waals surface area contributed by atoms with Gasteiger partial charge in [0.25, 0.3) is 0 Å². The molecule has 5 amide bonds. The Labute approximate surface area is 301 Å². The first-order valence-corrected chi connectivity index (χ1v) is 17.7. The number of amides is 5. The summed E-state index contributed by atoms with van der Waals surface area (Å²) in [5, 5.41) is 17.9. The predicted molar refractivity (Wildman–Crippen MR) is 187 cm³/mol. The van der Waals surface area contributed by atoms with Gasteiger partial charge in [-0.05, 0) is 67.8 Å². The summed E-state index contributed by atoms with van der Waals surface area (Å²) in [6.07, 6.45) is 0.974. The number of likely N-dealkylation sites (tertiary alicyclic amines) is 1. The number of rotatable bonds is 4. The summed E-state index contributed by atoms with van der Waals surface area (Å²) in [6.45, 7) is 3.70. The molecule has 2 saturated heterocycles. The molecule has 4 aliphatic rings. The molecule has 2 aliphatic heterocycles. The van der Waals surface area contributed by atoms with E-state index in [1.165, 1.54) is 28.0 Å². The van der Waals surface area contributed by atoms with Crippen LogP contribution in [0.4, 0.5) is 10.6 Å². The van der Waals surface area contributed by atoms with Gasteiger partial charge in [0, 0.05) is 34.3 Å². The van der Waals surface area contributed by atoms with Crippen LogP contribution in [0, 0.1) is 36.0 Å². The molecular formula is C37H33ClN4O8S. The van der Waals surface area contributed by atoms with Crippen LogP contribution in [-0.4, -0.2) is 63.7 Å². The maximum Gasteiger partial charge on any atom is 0.423 e. The van der Waals surface area contributed by atoms with Gasteiger partial charge in [-0.3, -0.25) is 23.9 Å². The Hall–Kier alpha value is -5.01. The minimum absolute atomic E-state index is 0.0702. The zero-order valence-electron chi connectivity index (χ0n) is 28.3. The monoisotopic (exact) mass is 728 g/mol. The van der Waals surface area contributed by atoms with Crippen LogP contribution in [-0.2, 0) is 31.0 Å². The highest BCUT2D eigenvalue weighted by molar-refractivity contribution is 7.22. The Morgan fingerprint density at radius 2 is 1.82 bits per heavy atom. The molecule has 0 radical (unpaired) electrons. The summed E-state index contributed by atoms with van der Waals surface area (Å²) >= 11 is 7.82. The second kappa shape index (κ2) is 11.5. The van der Waals surface area contributed by atoms with Gasteiger partial charge >= 0.3 is 6.09 Å². The number of para-hydroxylation sites is 1. The second-order valence-electron chi connectivity index (χ2n) is 13.7. The minimum Gasteiger partial charge on any atom is -0.504 e. The summed E-state index contributed by atoms with van der Waals surface area (Å²) < 4.78 is 12.7. The Morgan fingerprint density at radius 3 is 2.55 bits per heavy atom. The molecular weight excluding hydrogens is 696 g/mol. The van der Waals surface area contributed by atoms with Crippen LogP contribution in [0.15, 0.2) is 54.1 Å². The zero-order valence-corrected chi connectivity index (χ0v) is 29.9. The van der Waals surface area contributed by atoms with Crippen molar-refractivity contribution in [2.24, 2.45) is 36.1 Å². The largest absolute Gasteiger partial charge is 0.504 e.